The zero-order valence-corrected chi connectivity index (χ0v) is 13.3. The lowest BCUT2D eigenvalue weighted by atomic mass is 10.0. The highest BCUT2D eigenvalue weighted by molar-refractivity contribution is 5.40. The fourth-order valence-electron chi connectivity index (χ4n) is 3.01. The van der Waals surface area contributed by atoms with Gasteiger partial charge in [0.15, 0.2) is 0 Å². The lowest BCUT2D eigenvalue weighted by Crippen LogP contribution is -2.40. The number of likely N-dealkylation sites (N-methyl/N-ethyl adjacent to an activating group) is 1. The van der Waals surface area contributed by atoms with Gasteiger partial charge in [-0.25, -0.2) is 14.4 Å². The quantitative estimate of drug-likeness (QED) is 0.762. The molecule has 0 saturated carbocycles. The molecular weight excluding hydrogens is 295 g/mol. The van der Waals surface area contributed by atoms with Crippen LogP contribution in [0, 0.1) is 28.6 Å². The molecule has 1 aromatic rings. The predicted octanol–water partition coefficient (Wildman–Crippen LogP) is 1.77. The Hall–Kier alpha value is -2.25. The van der Waals surface area contributed by atoms with E-state index in [1.165, 1.54) is 6.33 Å². The molecule has 7 heteroatoms. The van der Waals surface area contributed by atoms with Crippen molar-refractivity contribution in [1.29, 1.82) is 10.5 Å². The molecule has 0 N–H and O–H groups in total. The summed E-state index contributed by atoms with van der Waals surface area (Å²) in [4.78, 5) is 12.1. The van der Waals surface area contributed by atoms with Crippen molar-refractivity contribution in [2.24, 2.45) is 5.92 Å². The van der Waals surface area contributed by atoms with Gasteiger partial charge in [-0.3, -0.25) is 0 Å². The molecule has 1 unspecified atom stereocenters. The normalized spacial score (nSPS) is 21.9. The first-order valence-corrected chi connectivity index (χ1v) is 7.76. The summed E-state index contributed by atoms with van der Waals surface area (Å²) in [6.45, 7) is 1.59. The molecule has 0 radical (unpaired) electrons. The Morgan fingerprint density at radius 3 is 3.00 bits per heavy atom. The second-order valence-corrected chi connectivity index (χ2v) is 5.95. The van der Waals surface area contributed by atoms with Gasteiger partial charge >= 0.3 is 0 Å². The molecule has 122 valence electrons. The van der Waals surface area contributed by atoms with Gasteiger partial charge in [-0.1, -0.05) is 0 Å². The molecule has 3 atom stereocenters. The van der Waals surface area contributed by atoms with Crippen LogP contribution in [0.15, 0.2) is 18.6 Å². The summed E-state index contributed by atoms with van der Waals surface area (Å²) in [6, 6.07) is 6.13. The summed E-state index contributed by atoms with van der Waals surface area (Å²) in [5.41, 5.74) is 0. The largest absolute Gasteiger partial charge is 0.349 e. The highest BCUT2D eigenvalue weighted by Crippen LogP contribution is 2.26. The minimum Gasteiger partial charge on any atom is -0.349 e. The third kappa shape index (κ3) is 4.87. The monoisotopic (exact) mass is 316 g/mol. The van der Waals surface area contributed by atoms with E-state index in [9.17, 15) is 4.39 Å². The number of aromatic nitrogens is 2. The number of halogens is 1. The van der Waals surface area contributed by atoms with Gasteiger partial charge in [0.1, 0.15) is 18.3 Å². The Morgan fingerprint density at radius 1 is 1.52 bits per heavy atom. The molecule has 1 aromatic heterocycles. The zero-order chi connectivity index (χ0) is 16.7. The minimum absolute atomic E-state index is 0.0280. The molecule has 0 spiro atoms. The maximum atomic E-state index is 13.9. The van der Waals surface area contributed by atoms with E-state index in [0.29, 0.717) is 38.9 Å². The molecular formula is C16H21FN6. The van der Waals surface area contributed by atoms with Crippen molar-refractivity contribution in [3.8, 4) is 12.1 Å². The van der Waals surface area contributed by atoms with Crippen LogP contribution < -0.4 is 4.90 Å². The van der Waals surface area contributed by atoms with Gasteiger partial charge in [-0.15, -0.1) is 0 Å². The van der Waals surface area contributed by atoms with Crippen molar-refractivity contribution in [3.63, 3.8) is 0 Å². The topological polar surface area (TPSA) is 79.8 Å². The molecule has 1 saturated heterocycles. The summed E-state index contributed by atoms with van der Waals surface area (Å²) in [5.74, 6) is 0.564. The first-order valence-electron chi connectivity index (χ1n) is 7.76. The predicted molar refractivity (Wildman–Crippen MR) is 84.1 cm³/mol. The third-order valence-corrected chi connectivity index (χ3v) is 4.07. The number of hydrogen-bond donors (Lipinski definition) is 0. The standard InChI is InChI=1S/C16H21FN6/c1-22(9-13(8-19)3-2-5-18)11-15-7-14(17)10-23(15)16-4-6-20-12-21-16/h4,6,12-15H,2-3,7,9-11H2,1H3/t13?,14-,15-/m0/s1. The Labute approximate surface area is 136 Å². The molecule has 0 bridgehead atoms. The number of rotatable bonds is 7. The Bertz CT molecular complexity index is 566. The maximum Gasteiger partial charge on any atom is 0.132 e. The van der Waals surface area contributed by atoms with Crippen LogP contribution in [0.4, 0.5) is 10.2 Å². The fraction of sp³-hybridized carbons (Fsp3) is 0.625. The van der Waals surface area contributed by atoms with E-state index < -0.39 is 6.17 Å². The van der Waals surface area contributed by atoms with Crippen molar-refractivity contribution in [2.75, 3.05) is 31.6 Å². The molecule has 1 aliphatic heterocycles. The van der Waals surface area contributed by atoms with Crippen molar-refractivity contribution in [3.05, 3.63) is 18.6 Å². The summed E-state index contributed by atoms with van der Waals surface area (Å²) < 4.78 is 13.9. The lowest BCUT2D eigenvalue weighted by molar-refractivity contribution is 0.270. The smallest absolute Gasteiger partial charge is 0.132 e. The third-order valence-electron chi connectivity index (χ3n) is 4.07. The fourth-order valence-corrected chi connectivity index (χ4v) is 3.01. The summed E-state index contributed by atoms with van der Waals surface area (Å²) in [7, 11) is 1.93. The van der Waals surface area contributed by atoms with E-state index in [1.54, 1.807) is 12.3 Å². The highest BCUT2D eigenvalue weighted by atomic mass is 19.1. The van der Waals surface area contributed by atoms with Gasteiger partial charge in [0, 0.05) is 38.2 Å². The van der Waals surface area contributed by atoms with Gasteiger partial charge in [-0.2, -0.15) is 10.5 Å². The van der Waals surface area contributed by atoms with E-state index in [2.05, 4.69) is 22.1 Å². The number of nitrogens with zero attached hydrogens (tertiary/aromatic N) is 6. The van der Waals surface area contributed by atoms with Crippen LogP contribution in [0.25, 0.3) is 0 Å². The molecule has 1 aliphatic rings. The van der Waals surface area contributed by atoms with Crippen molar-refractivity contribution in [2.45, 2.75) is 31.5 Å². The van der Waals surface area contributed by atoms with Gasteiger partial charge in [0.05, 0.1) is 24.6 Å². The first kappa shape index (κ1) is 17.1. The Kier molecular flexibility index (Phi) is 6.25. The number of anilines is 1. The van der Waals surface area contributed by atoms with Crippen LogP contribution in [0.3, 0.4) is 0 Å². The summed E-state index contributed by atoms with van der Waals surface area (Å²) >= 11 is 0. The van der Waals surface area contributed by atoms with Gasteiger partial charge in [0.2, 0.25) is 0 Å². The van der Waals surface area contributed by atoms with Gasteiger partial charge < -0.3 is 9.80 Å². The lowest BCUT2D eigenvalue weighted by Gasteiger charge is -2.29. The zero-order valence-electron chi connectivity index (χ0n) is 13.3. The van der Waals surface area contributed by atoms with E-state index in [1.807, 2.05) is 16.8 Å². The molecule has 0 aliphatic carbocycles. The maximum absolute atomic E-state index is 13.9. The van der Waals surface area contributed by atoms with Crippen LogP contribution in [-0.2, 0) is 0 Å². The van der Waals surface area contributed by atoms with E-state index in [4.69, 9.17) is 10.5 Å². The number of nitriles is 2. The molecule has 6 nitrogen and oxygen atoms in total. The molecule has 2 heterocycles. The minimum atomic E-state index is -0.867. The second-order valence-electron chi connectivity index (χ2n) is 5.95. The molecule has 1 fully saturated rings. The molecule has 2 rings (SSSR count). The van der Waals surface area contributed by atoms with Crippen molar-refractivity contribution >= 4 is 5.82 Å². The second kappa shape index (κ2) is 8.40. The SMILES string of the molecule is CN(CC(C#N)CCC#N)C[C@@H]1C[C@H](F)CN1c1ccncn1. The number of alkyl halides is 1. The van der Waals surface area contributed by atoms with Crippen LogP contribution in [0.2, 0.25) is 0 Å². The summed E-state index contributed by atoms with van der Waals surface area (Å²) in [5, 5.41) is 17.8. The Balaban J connectivity index is 1.94. The van der Waals surface area contributed by atoms with Crippen molar-refractivity contribution < 1.29 is 4.39 Å². The van der Waals surface area contributed by atoms with Crippen LogP contribution in [0.1, 0.15) is 19.3 Å². The average molecular weight is 316 g/mol. The van der Waals surface area contributed by atoms with E-state index in [-0.39, 0.29) is 12.0 Å². The van der Waals surface area contributed by atoms with Gasteiger partial charge in [-0.05, 0) is 19.5 Å². The summed E-state index contributed by atoms with van der Waals surface area (Å²) in [6.07, 6.45) is 3.67. The number of hydrogen-bond acceptors (Lipinski definition) is 6. The van der Waals surface area contributed by atoms with Crippen LogP contribution >= 0.6 is 0 Å². The average Bonchev–Trinajstić information content (AvgIpc) is 2.92. The van der Waals surface area contributed by atoms with Crippen LogP contribution in [0.5, 0.6) is 0 Å². The van der Waals surface area contributed by atoms with E-state index >= 15 is 0 Å². The van der Waals surface area contributed by atoms with Crippen molar-refractivity contribution in [1.82, 2.24) is 14.9 Å². The highest BCUT2D eigenvalue weighted by Gasteiger charge is 2.33. The van der Waals surface area contributed by atoms with Gasteiger partial charge in [0.25, 0.3) is 0 Å². The molecule has 0 amide bonds. The Morgan fingerprint density at radius 2 is 2.35 bits per heavy atom. The van der Waals surface area contributed by atoms with Crippen LogP contribution in [-0.4, -0.2) is 53.8 Å². The van der Waals surface area contributed by atoms with E-state index in [0.717, 1.165) is 5.82 Å². The molecule has 0 aromatic carbocycles. The first-order chi connectivity index (χ1) is 11.1. The molecule has 23 heavy (non-hydrogen) atoms.